The molecule has 2 aromatic rings. The second-order valence-electron chi connectivity index (χ2n) is 4.88. The molecular formula is C14H28Cl2N6. The first kappa shape index (κ1) is 23.2. The van der Waals surface area contributed by atoms with Gasteiger partial charge in [0.15, 0.2) is 0 Å². The summed E-state index contributed by atoms with van der Waals surface area (Å²) < 4.78 is 4.13. The standard InChI is InChI=1S/C8H15N3.C6H11N3.2ClH/c1-7(2)8-10-4-6-11(8)5-3-9;1-6-8-3-5-9(6)4-2-7;;/h4,6-7H,3,5,9H2,1-2H3;3,5H,2,4,7H2,1H3;2*1H. The third-order valence-electron chi connectivity index (χ3n) is 2.93. The molecular weight excluding hydrogens is 323 g/mol. The number of halogens is 2. The van der Waals surface area contributed by atoms with E-state index in [-0.39, 0.29) is 24.8 Å². The fraction of sp³-hybridized carbons (Fsp3) is 0.571. The minimum absolute atomic E-state index is 0. The molecule has 2 rings (SSSR count). The van der Waals surface area contributed by atoms with Crippen LogP contribution in [0.25, 0.3) is 0 Å². The number of imidazole rings is 2. The zero-order valence-electron chi connectivity index (χ0n) is 13.5. The normalized spacial score (nSPS) is 9.55. The largest absolute Gasteiger partial charge is 0.334 e. The predicted octanol–water partition coefficient (Wildman–Crippen LogP) is 1.96. The zero-order valence-corrected chi connectivity index (χ0v) is 15.1. The van der Waals surface area contributed by atoms with Gasteiger partial charge in [0, 0.05) is 56.9 Å². The minimum atomic E-state index is 0. The molecule has 0 amide bonds. The monoisotopic (exact) mass is 350 g/mol. The van der Waals surface area contributed by atoms with Crippen molar-refractivity contribution in [2.24, 2.45) is 11.5 Å². The summed E-state index contributed by atoms with van der Waals surface area (Å²) in [6.07, 6.45) is 7.51. The molecule has 4 N–H and O–H groups in total. The van der Waals surface area contributed by atoms with Crippen molar-refractivity contribution in [1.82, 2.24) is 19.1 Å². The Morgan fingerprint density at radius 3 is 1.91 bits per heavy atom. The lowest BCUT2D eigenvalue weighted by molar-refractivity contribution is 0.627. The highest BCUT2D eigenvalue weighted by Crippen LogP contribution is 2.10. The molecule has 128 valence electrons. The topological polar surface area (TPSA) is 87.7 Å². The molecule has 0 fully saturated rings. The molecule has 0 aliphatic heterocycles. The van der Waals surface area contributed by atoms with Crippen molar-refractivity contribution in [3.63, 3.8) is 0 Å². The quantitative estimate of drug-likeness (QED) is 0.862. The fourth-order valence-corrected chi connectivity index (χ4v) is 1.93. The van der Waals surface area contributed by atoms with E-state index < -0.39 is 0 Å². The summed E-state index contributed by atoms with van der Waals surface area (Å²) in [6, 6.07) is 0. The smallest absolute Gasteiger partial charge is 0.111 e. The highest BCUT2D eigenvalue weighted by molar-refractivity contribution is 5.85. The maximum absolute atomic E-state index is 5.44. The predicted molar refractivity (Wildman–Crippen MR) is 95.9 cm³/mol. The molecule has 0 bridgehead atoms. The van der Waals surface area contributed by atoms with Crippen LogP contribution in [0.15, 0.2) is 24.8 Å². The van der Waals surface area contributed by atoms with Gasteiger partial charge in [-0.3, -0.25) is 0 Å². The van der Waals surface area contributed by atoms with Crippen molar-refractivity contribution in [3.8, 4) is 0 Å². The van der Waals surface area contributed by atoms with Crippen molar-refractivity contribution >= 4 is 24.8 Å². The van der Waals surface area contributed by atoms with Gasteiger partial charge in [-0.05, 0) is 6.92 Å². The van der Waals surface area contributed by atoms with E-state index in [1.807, 2.05) is 30.1 Å². The molecule has 0 aliphatic rings. The molecule has 0 saturated heterocycles. The fourth-order valence-electron chi connectivity index (χ4n) is 1.93. The van der Waals surface area contributed by atoms with E-state index in [1.165, 1.54) is 0 Å². The average molecular weight is 351 g/mol. The van der Waals surface area contributed by atoms with Crippen LogP contribution in [0.5, 0.6) is 0 Å². The zero-order chi connectivity index (χ0) is 15.0. The number of aryl methyl sites for hydroxylation is 1. The van der Waals surface area contributed by atoms with Gasteiger partial charge in [-0.2, -0.15) is 0 Å². The lowest BCUT2D eigenvalue weighted by Crippen LogP contribution is -2.12. The third kappa shape index (κ3) is 7.26. The SMILES string of the molecule is CC(C)c1nccn1CCN.Cc1nccn1CCN.Cl.Cl. The molecule has 0 aliphatic carbocycles. The van der Waals surface area contributed by atoms with Gasteiger partial charge >= 0.3 is 0 Å². The molecule has 22 heavy (non-hydrogen) atoms. The van der Waals surface area contributed by atoms with Crippen LogP contribution < -0.4 is 11.5 Å². The van der Waals surface area contributed by atoms with Gasteiger partial charge in [0.1, 0.15) is 11.6 Å². The Kier molecular flexibility index (Phi) is 13.1. The first-order chi connectivity index (χ1) is 9.60. The van der Waals surface area contributed by atoms with Gasteiger partial charge in [-0.25, -0.2) is 9.97 Å². The van der Waals surface area contributed by atoms with Gasteiger partial charge in [0.25, 0.3) is 0 Å². The van der Waals surface area contributed by atoms with E-state index in [4.69, 9.17) is 11.5 Å². The summed E-state index contributed by atoms with van der Waals surface area (Å²) >= 11 is 0. The summed E-state index contributed by atoms with van der Waals surface area (Å²) in [5, 5.41) is 0. The van der Waals surface area contributed by atoms with Gasteiger partial charge in [-0.1, -0.05) is 13.8 Å². The van der Waals surface area contributed by atoms with Crippen LogP contribution >= 0.6 is 24.8 Å². The molecule has 0 atom stereocenters. The molecule has 6 nitrogen and oxygen atoms in total. The Hall–Kier alpha value is -1.08. The highest BCUT2D eigenvalue weighted by atomic mass is 35.5. The van der Waals surface area contributed by atoms with Gasteiger partial charge < -0.3 is 20.6 Å². The van der Waals surface area contributed by atoms with Crippen LogP contribution in [0.4, 0.5) is 0 Å². The van der Waals surface area contributed by atoms with E-state index in [2.05, 4.69) is 28.4 Å². The molecule has 0 radical (unpaired) electrons. The van der Waals surface area contributed by atoms with Crippen molar-refractivity contribution in [2.75, 3.05) is 13.1 Å². The number of hydrogen-bond acceptors (Lipinski definition) is 4. The van der Waals surface area contributed by atoms with E-state index in [9.17, 15) is 0 Å². The van der Waals surface area contributed by atoms with Crippen LogP contribution in [0.3, 0.4) is 0 Å². The van der Waals surface area contributed by atoms with Gasteiger partial charge in [0.05, 0.1) is 0 Å². The summed E-state index contributed by atoms with van der Waals surface area (Å²) in [6.45, 7) is 9.33. The maximum Gasteiger partial charge on any atom is 0.111 e. The lowest BCUT2D eigenvalue weighted by atomic mass is 10.2. The maximum atomic E-state index is 5.44. The van der Waals surface area contributed by atoms with Crippen LogP contribution in [-0.4, -0.2) is 32.2 Å². The Morgan fingerprint density at radius 1 is 0.955 bits per heavy atom. The van der Waals surface area contributed by atoms with E-state index in [1.54, 1.807) is 6.20 Å². The Morgan fingerprint density at radius 2 is 1.45 bits per heavy atom. The average Bonchev–Trinajstić information content (AvgIpc) is 3.01. The van der Waals surface area contributed by atoms with Crippen molar-refractivity contribution in [2.45, 2.75) is 39.8 Å². The lowest BCUT2D eigenvalue weighted by Gasteiger charge is -2.07. The van der Waals surface area contributed by atoms with E-state index in [0.29, 0.717) is 19.0 Å². The summed E-state index contributed by atoms with van der Waals surface area (Å²) in [5.74, 6) is 2.63. The second kappa shape index (κ2) is 12.5. The van der Waals surface area contributed by atoms with Crippen LogP contribution in [0.2, 0.25) is 0 Å². The molecule has 0 unspecified atom stereocenters. The van der Waals surface area contributed by atoms with Crippen LogP contribution in [-0.2, 0) is 13.1 Å². The first-order valence-corrected chi connectivity index (χ1v) is 6.99. The van der Waals surface area contributed by atoms with Crippen LogP contribution in [0.1, 0.15) is 31.4 Å². The number of rotatable bonds is 5. The molecule has 0 spiro atoms. The van der Waals surface area contributed by atoms with Crippen molar-refractivity contribution in [1.29, 1.82) is 0 Å². The number of nitrogens with two attached hydrogens (primary N) is 2. The van der Waals surface area contributed by atoms with E-state index >= 15 is 0 Å². The van der Waals surface area contributed by atoms with E-state index in [0.717, 1.165) is 24.7 Å². The Labute approximate surface area is 145 Å². The molecule has 8 heteroatoms. The summed E-state index contributed by atoms with van der Waals surface area (Å²) in [5.41, 5.74) is 10.8. The summed E-state index contributed by atoms with van der Waals surface area (Å²) in [4.78, 5) is 8.28. The molecule has 0 aromatic carbocycles. The third-order valence-corrected chi connectivity index (χ3v) is 2.93. The Bertz CT molecular complexity index is 495. The van der Waals surface area contributed by atoms with Crippen molar-refractivity contribution in [3.05, 3.63) is 36.4 Å². The van der Waals surface area contributed by atoms with Crippen molar-refractivity contribution < 1.29 is 0 Å². The first-order valence-electron chi connectivity index (χ1n) is 6.99. The second-order valence-corrected chi connectivity index (χ2v) is 4.88. The van der Waals surface area contributed by atoms with Gasteiger partial charge in [-0.15, -0.1) is 24.8 Å². The Balaban J connectivity index is 0. The minimum Gasteiger partial charge on any atom is -0.334 e. The highest BCUT2D eigenvalue weighted by Gasteiger charge is 2.04. The van der Waals surface area contributed by atoms with Crippen LogP contribution in [0, 0.1) is 6.92 Å². The molecule has 0 saturated carbocycles. The molecule has 2 aromatic heterocycles. The summed E-state index contributed by atoms with van der Waals surface area (Å²) in [7, 11) is 0. The molecule has 2 heterocycles. The number of aromatic nitrogens is 4. The number of hydrogen-bond donors (Lipinski definition) is 2. The van der Waals surface area contributed by atoms with Gasteiger partial charge in [0.2, 0.25) is 0 Å². The number of nitrogens with zero attached hydrogens (tertiary/aromatic N) is 4.